The predicted octanol–water partition coefficient (Wildman–Crippen LogP) is 3.09. The number of benzene rings is 2. The zero-order valence-electron chi connectivity index (χ0n) is 15.5. The fourth-order valence-electron chi connectivity index (χ4n) is 2.38. The Morgan fingerprint density at radius 3 is 2.67 bits per heavy atom. The van der Waals surface area contributed by atoms with Gasteiger partial charge >= 0.3 is 0 Å². The molecule has 0 aliphatic rings. The van der Waals surface area contributed by atoms with Crippen molar-refractivity contribution >= 4 is 5.91 Å². The number of aryl methyl sites for hydroxylation is 1. The molecule has 0 bridgehead atoms. The summed E-state index contributed by atoms with van der Waals surface area (Å²) in [7, 11) is 3.26. The average molecular weight is 367 g/mol. The highest BCUT2D eigenvalue weighted by atomic mass is 16.5. The molecule has 0 aliphatic carbocycles. The minimum absolute atomic E-state index is 0.0591. The van der Waals surface area contributed by atoms with Gasteiger partial charge < -0.3 is 18.9 Å². The minimum Gasteiger partial charge on any atom is -0.497 e. The van der Waals surface area contributed by atoms with E-state index in [1.54, 1.807) is 14.2 Å². The van der Waals surface area contributed by atoms with Crippen molar-refractivity contribution in [2.75, 3.05) is 20.8 Å². The van der Waals surface area contributed by atoms with Gasteiger partial charge in [0.1, 0.15) is 11.5 Å². The molecule has 1 aromatic heterocycles. The van der Waals surface area contributed by atoms with Crippen LogP contribution in [0.2, 0.25) is 0 Å². The van der Waals surface area contributed by atoms with Gasteiger partial charge in [0.25, 0.3) is 5.91 Å². The summed E-state index contributed by atoms with van der Waals surface area (Å²) in [5.41, 5.74) is 1.91. The van der Waals surface area contributed by atoms with E-state index in [0.29, 0.717) is 23.2 Å². The lowest BCUT2D eigenvalue weighted by molar-refractivity contribution is -0.132. The normalized spacial score (nSPS) is 10.5. The van der Waals surface area contributed by atoms with Crippen molar-refractivity contribution in [3.05, 3.63) is 60.0 Å². The Bertz CT molecular complexity index is 906. The Kier molecular flexibility index (Phi) is 5.71. The summed E-state index contributed by atoms with van der Waals surface area (Å²) in [5.74, 6) is 1.97. The average Bonchev–Trinajstić information content (AvgIpc) is 3.15. The summed E-state index contributed by atoms with van der Waals surface area (Å²) < 4.78 is 16.0. The van der Waals surface area contributed by atoms with Crippen LogP contribution in [-0.2, 0) is 11.3 Å². The minimum atomic E-state index is -0.184. The number of nitrogens with zero attached hydrogens (tertiary/aromatic N) is 3. The third kappa shape index (κ3) is 4.84. The fourth-order valence-corrected chi connectivity index (χ4v) is 2.38. The van der Waals surface area contributed by atoms with Crippen LogP contribution >= 0.6 is 0 Å². The first kappa shape index (κ1) is 18.4. The molecule has 1 amide bonds. The van der Waals surface area contributed by atoms with Crippen LogP contribution in [0.3, 0.4) is 0 Å². The number of carbonyl (C=O) groups excluding carboxylic acids is 1. The van der Waals surface area contributed by atoms with Crippen molar-refractivity contribution in [1.29, 1.82) is 0 Å². The second-order valence-electron chi connectivity index (χ2n) is 6.10. The van der Waals surface area contributed by atoms with Gasteiger partial charge in [-0.2, -0.15) is 4.98 Å². The number of methoxy groups -OCH3 is 1. The van der Waals surface area contributed by atoms with Crippen molar-refractivity contribution in [3.8, 4) is 22.9 Å². The molecule has 0 saturated carbocycles. The lowest BCUT2D eigenvalue weighted by atomic mass is 10.2. The molecular weight excluding hydrogens is 346 g/mol. The van der Waals surface area contributed by atoms with Gasteiger partial charge in [-0.3, -0.25) is 4.79 Å². The molecule has 0 N–H and O–H groups in total. The van der Waals surface area contributed by atoms with E-state index in [1.807, 2.05) is 55.5 Å². The number of ether oxygens (including phenoxy) is 2. The van der Waals surface area contributed by atoms with E-state index in [-0.39, 0.29) is 19.1 Å². The van der Waals surface area contributed by atoms with Crippen LogP contribution in [0.25, 0.3) is 11.4 Å². The quantitative estimate of drug-likeness (QED) is 0.639. The van der Waals surface area contributed by atoms with Gasteiger partial charge in [-0.25, -0.2) is 0 Å². The van der Waals surface area contributed by atoms with E-state index >= 15 is 0 Å². The highest BCUT2D eigenvalue weighted by Crippen LogP contribution is 2.21. The second kappa shape index (κ2) is 8.35. The molecule has 0 saturated heterocycles. The molecule has 0 fully saturated rings. The largest absolute Gasteiger partial charge is 0.497 e. The van der Waals surface area contributed by atoms with Crippen molar-refractivity contribution in [2.45, 2.75) is 13.5 Å². The fraction of sp³-hybridized carbons (Fsp3) is 0.250. The van der Waals surface area contributed by atoms with Crippen molar-refractivity contribution < 1.29 is 18.8 Å². The number of hydrogen-bond donors (Lipinski definition) is 0. The highest BCUT2D eigenvalue weighted by molar-refractivity contribution is 5.77. The lowest BCUT2D eigenvalue weighted by Crippen LogP contribution is -2.31. The Hall–Kier alpha value is -3.35. The number of hydrogen-bond acceptors (Lipinski definition) is 6. The number of aromatic nitrogens is 2. The monoisotopic (exact) mass is 367 g/mol. The molecule has 2 aromatic carbocycles. The van der Waals surface area contributed by atoms with E-state index in [0.717, 1.165) is 11.1 Å². The van der Waals surface area contributed by atoms with Crippen LogP contribution in [0.4, 0.5) is 0 Å². The summed E-state index contributed by atoms with van der Waals surface area (Å²) >= 11 is 0. The molecule has 3 rings (SSSR count). The smallest absolute Gasteiger partial charge is 0.260 e. The van der Waals surface area contributed by atoms with Gasteiger partial charge in [0.05, 0.1) is 13.7 Å². The molecule has 1 heterocycles. The molecule has 7 heteroatoms. The maximum Gasteiger partial charge on any atom is 0.260 e. The third-order valence-electron chi connectivity index (χ3n) is 3.98. The molecule has 0 atom stereocenters. The first-order chi connectivity index (χ1) is 13.0. The van der Waals surface area contributed by atoms with Crippen LogP contribution in [0.5, 0.6) is 11.5 Å². The maximum atomic E-state index is 12.2. The topological polar surface area (TPSA) is 77.7 Å². The molecule has 0 aliphatic heterocycles. The van der Waals surface area contributed by atoms with Crippen molar-refractivity contribution in [3.63, 3.8) is 0 Å². The van der Waals surface area contributed by atoms with Gasteiger partial charge in [-0.15, -0.1) is 0 Å². The summed E-state index contributed by atoms with van der Waals surface area (Å²) in [5, 5.41) is 3.97. The number of amides is 1. The second-order valence-corrected chi connectivity index (χ2v) is 6.10. The Morgan fingerprint density at radius 2 is 1.93 bits per heavy atom. The zero-order valence-corrected chi connectivity index (χ0v) is 15.5. The van der Waals surface area contributed by atoms with E-state index in [2.05, 4.69) is 10.1 Å². The molecule has 0 spiro atoms. The van der Waals surface area contributed by atoms with Gasteiger partial charge in [0, 0.05) is 12.6 Å². The molecule has 7 nitrogen and oxygen atoms in total. The maximum absolute atomic E-state index is 12.2. The number of likely N-dealkylation sites (N-methyl/N-ethyl adjacent to an activating group) is 1. The molecule has 0 radical (unpaired) electrons. The van der Waals surface area contributed by atoms with Crippen LogP contribution in [0.1, 0.15) is 11.5 Å². The molecule has 140 valence electrons. The van der Waals surface area contributed by atoms with E-state index in [9.17, 15) is 4.79 Å². The van der Waals surface area contributed by atoms with Gasteiger partial charge in [0.15, 0.2) is 6.61 Å². The number of carbonyl (C=O) groups is 1. The molecule has 3 aromatic rings. The van der Waals surface area contributed by atoms with E-state index in [1.165, 1.54) is 4.90 Å². The van der Waals surface area contributed by atoms with Crippen molar-refractivity contribution in [2.24, 2.45) is 0 Å². The highest BCUT2D eigenvalue weighted by Gasteiger charge is 2.15. The standard InChI is InChI=1S/C20H21N3O4/c1-14-7-9-16(10-8-14)26-13-19(24)23(2)12-18-21-20(22-27-18)15-5-4-6-17(11-15)25-3/h4-11H,12-13H2,1-3H3. The van der Waals surface area contributed by atoms with Crippen molar-refractivity contribution in [1.82, 2.24) is 15.0 Å². The molecule has 0 unspecified atom stereocenters. The number of rotatable bonds is 7. The van der Waals surface area contributed by atoms with E-state index < -0.39 is 0 Å². The lowest BCUT2D eigenvalue weighted by Gasteiger charge is -2.15. The third-order valence-corrected chi connectivity index (χ3v) is 3.98. The van der Waals surface area contributed by atoms with Crippen LogP contribution in [-0.4, -0.2) is 41.7 Å². The molecule has 27 heavy (non-hydrogen) atoms. The van der Waals surface area contributed by atoms with Crippen LogP contribution in [0.15, 0.2) is 53.1 Å². The summed E-state index contributed by atoms with van der Waals surface area (Å²) in [6, 6.07) is 14.9. The van der Waals surface area contributed by atoms with Crippen LogP contribution in [0, 0.1) is 6.92 Å². The van der Waals surface area contributed by atoms with Crippen LogP contribution < -0.4 is 9.47 Å². The summed E-state index contributed by atoms with van der Waals surface area (Å²) in [6.45, 7) is 2.14. The summed E-state index contributed by atoms with van der Waals surface area (Å²) in [6.07, 6.45) is 0. The first-order valence-corrected chi connectivity index (χ1v) is 8.45. The Labute approximate surface area is 157 Å². The first-order valence-electron chi connectivity index (χ1n) is 8.45. The molecular formula is C20H21N3O4. The van der Waals surface area contributed by atoms with Gasteiger partial charge in [-0.05, 0) is 31.2 Å². The SMILES string of the molecule is COc1cccc(-c2noc(CN(C)C(=O)COc3ccc(C)cc3)n2)c1. The van der Waals surface area contributed by atoms with Gasteiger partial charge in [0.2, 0.25) is 11.7 Å². The van der Waals surface area contributed by atoms with E-state index in [4.69, 9.17) is 14.0 Å². The Morgan fingerprint density at radius 1 is 1.15 bits per heavy atom. The Balaban J connectivity index is 1.57. The summed E-state index contributed by atoms with van der Waals surface area (Å²) in [4.78, 5) is 18.1. The zero-order chi connectivity index (χ0) is 19.2. The van der Waals surface area contributed by atoms with Gasteiger partial charge in [-0.1, -0.05) is 35.0 Å². The predicted molar refractivity (Wildman–Crippen MR) is 99.4 cm³/mol.